The molecular formula is C15H15N3O2. The molecule has 1 aliphatic heterocycles. The molecule has 5 nitrogen and oxygen atoms in total. The zero-order valence-corrected chi connectivity index (χ0v) is 11.4. The highest BCUT2D eigenvalue weighted by Crippen LogP contribution is 2.23. The van der Waals surface area contributed by atoms with Gasteiger partial charge < -0.3 is 14.6 Å². The molecule has 0 aliphatic carbocycles. The standard InChI is InChI=1S/C15H15N3O2/c1-18-8-7-12-13(9-18)17-14(16-12)10-3-5-11(6-4-10)15(19)20-2/h3-8H,9H2,1-2H3,(H,16,17). The maximum Gasteiger partial charge on any atom is 0.337 e. The fourth-order valence-electron chi connectivity index (χ4n) is 2.20. The summed E-state index contributed by atoms with van der Waals surface area (Å²) in [5.41, 5.74) is 3.55. The Kier molecular flexibility index (Phi) is 3.02. The van der Waals surface area contributed by atoms with Crippen molar-refractivity contribution in [3.63, 3.8) is 0 Å². The number of fused-ring (bicyclic) bond motifs is 1. The zero-order valence-electron chi connectivity index (χ0n) is 11.4. The minimum atomic E-state index is -0.333. The monoisotopic (exact) mass is 269 g/mol. The number of aromatic amines is 1. The average molecular weight is 269 g/mol. The molecule has 2 heterocycles. The summed E-state index contributed by atoms with van der Waals surface area (Å²) in [6.45, 7) is 0.819. The van der Waals surface area contributed by atoms with Crippen LogP contribution in [0.5, 0.6) is 0 Å². The molecule has 5 heteroatoms. The first kappa shape index (κ1) is 12.5. The number of rotatable bonds is 2. The molecule has 0 spiro atoms. The van der Waals surface area contributed by atoms with E-state index in [9.17, 15) is 4.79 Å². The average Bonchev–Trinajstić information content (AvgIpc) is 2.89. The molecule has 0 atom stereocenters. The summed E-state index contributed by atoms with van der Waals surface area (Å²) in [6, 6.07) is 7.21. The van der Waals surface area contributed by atoms with Crippen LogP contribution in [0.3, 0.4) is 0 Å². The highest BCUT2D eigenvalue weighted by molar-refractivity contribution is 5.89. The van der Waals surface area contributed by atoms with Crippen molar-refractivity contribution in [3.05, 3.63) is 47.4 Å². The molecule has 0 radical (unpaired) electrons. The Labute approximate surface area is 116 Å². The quantitative estimate of drug-likeness (QED) is 0.850. The van der Waals surface area contributed by atoms with Gasteiger partial charge in [-0.15, -0.1) is 0 Å². The molecule has 20 heavy (non-hydrogen) atoms. The maximum absolute atomic E-state index is 11.4. The Balaban J connectivity index is 1.90. The van der Waals surface area contributed by atoms with Gasteiger partial charge in [-0.1, -0.05) is 12.1 Å². The predicted molar refractivity (Wildman–Crippen MR) is 75.9 cm³/mol. The third kappa shape index (κ3) is 2.18. The molecule has 0 bridgehead atoms. The lowest BCUT2D eigenvalue weighted by molar-refractivity contribution is 0.0601. The van der Waals surface area contributed by atoms with Crippen LogP contribution < -0.4 is 0 Å². The zero-order chi connectivity index (χ0) is 14.1. The highest BCUT2D eigenvalue weighted by atomic mass is 16.5. The molecule has 102 valence electrons. The fourth-order valence-corrected chi connectivity index (χ4v) is 2.20. The third-order valence-electron chi connectivity index (χ3n) is 3.28. The van der Waals surface area contributed by atoms with Crippen molar-refractivity contribution in [1.29, 1.82) is 0 Å². The van der Waals surface area contributed by atoms with Gasteiger partial charge in [0.2, 0.25) is 0 Å². The second-order valence-corrected chi connectivity index (χ2v) is 4.75. The summed E-state index contributed by atoms with van der Waals surface area (Å²) in [6.07, 6.45) is 3.99. The van der Waals surface area contributed by atoms with E-state index < -0.39 is 0 Å². The van der Waals surface area contributed by atoms with Crippen molar-refractivity contribution in [1.82, 2.24) is 14.9 Å². The number of benzene rings is 1. The van der Waals surface area contributed by atoms with Gasteiger partial charge in [-0.05, 0) is 18.2 Å². The van der Waals surface area contributed by atoms with E-state index in [-0.39, 0.29) is 5.97 Å². The Morgan fingerprint density at radius 1 is 1.35 bits per heavy atom. The van der Waals surface area contributed by atoms with Crippen LogP contribution in [0, 0.1) is 0 Å². The second-order valence-electron chi connectivity index (χ2n) is 4.75. The lowest BCUT2D eigenvalue weighted by atomic mass is 10.1. The van der Waals surface area contributed by atoms with Crippen LogP contribution in [0.15, 0.2) is 30.5 Å². The van der Waals surface area contributed by atoms with Gasteiger partial charge in [0.05, 0.1) is 30.6 Å². The number of carbonyl (C=O) groups is 1. The number of carbonyl (C=O) groups excluding carboxylic acids is 1. The molecule has 1 aromatic heterocycles. The molecule has 3 rings (SSSR count). The lowest BCUT2D eigenvalue weighted by Gasteiger charge is -2.16. The molecule has 2 aromatic rings. The first-order valence-electron chi connectivity index (χ1n) is 6.33. The minimum absolute atomic E-state index is 0.333. The largest absolute Gasteiger partial charge is 0.465 e. The number of ether oxygens (including phenoxy) is 1. The Hall–Kier alpha value is -2.56. The van der Waals surface area contributed by atoms with Crippen LogP contribution in [-0.2, 0) is 11.3 Å². The van der Waals surface area contributed by atoms with Crippen molar-refractivity contribution in [2.45, 2.75) is 6.54 Å². The van der Waals surface area contributed by atoms with E-state index in [1.54, 1.807) is 12.1 Å². The van der Waals surface area contributed by atoms with E-state index >= 15 is 0 Å². The van der Waals surface area contributed by atoms with Crippen LogP contribution in [0.1, 0.15) is 21.7 Å². The predicted octanol–water partition coefficient (Wildman–Crippen LogP) is 2.28. The van der Waals surface area contributed by atoms with E-state index in [2.05, 4.69) is 19.6 Å². The smallest absolute Gasteiger partial charge is 0.337 e. The summed E-state index contributed by atoms with van der Waals surface area (Å²) >= 11 is 0. The van der Waals surface area contributed by atoms with Gasteiger partial charge in [0, 0.05) is 18.8 Å². The van der Waals surface area contributed by atoms with Crippen molar-refractivity contribution in [2.24, 2.45) is 0 Å². The summed E-state index contributed by atoms with van der Waals surface area (Å²) < 4.78 is 4.68. The van der Waals surface area contributed by atoms with Crippen LogP contribution in [-0.4, -0.2) is 35.0 Å². The van der Waals surface area contributed by atoms with E-state index in [1.807, 2.05) is 31.5 Å². The third-order valence-corrected chi connectivity index (χ3v) is 3.28. The molecule has 1 aromatic carbocycles. The number of methoxy groups -OCH3 is 1. The van der Waals surface area contributed by atoms with Gasteiger partial charge in [-0.25, -0.2) is 9.78 Å². The Morgan fingerprint density at radius 3 is 2.80 bits per heavy atom. The number of nitrogens with one attached hydrogen (secondary N) is 1. The van der Waals surface area contributed by atoms with Gasteiger partial charge in [0.25, 0.3) is 0 Å². The number of hydrogen-bond acceptors (Lipinski definition) is 4. The van der Waals surface area contributed by atoms with Crippen molar-refractivity contribution >= 4 is 12.0 Å². The normalized spacial score (nSPS) is 13.2. The molecule has 1 aliphatic rings. The Bertz CT molecular complexity index is 671. The maximum atomic E-state index is 11.4. The topological polar surface area (TPSA) is 58.2 Å². The molecule has 0 fully saturated rings. The summed E-state index contributed by atoms with van der Waals surface area (Å²) in [7, 11) is 3.39. The minimum Gasteiger partial charge on any atom is -0.465 e. The van der Waals surface area contributed by atoms with Crippen LogP contribution in [0.4, 0.5) is 0 Å². The van der Waals surface area contributed by atoms with Crippen molar-refractivity contribution in [2.75, 3.05) is 14.2 Å². The SMILES string of the molecule is COC(=O)c1ccc(-c2nc3c([nH]2)CN(C)C=C3)cc1. The molecule has 0 saturated heterocycles. The Morgan fingerprint density at radius 2 is 2.10 bits per heavy atom. The van der Waals surface area contributed by atoms with E-state index in [1.165, 1.54) is 7.11 Å². The number of aromatic nitrogens is 2. The van der Waals surface area contributed by atoms with Gasteiger partial charge in [0.15, 0.2) is 0 Å². The summed E-state index contributed by atoms with van der Waals surface area (Å²) in [5, 5.41) is 0. The second kappa shape index (κ2) is 4.85. The molecule has 0 saturated carbocycles. The van der Waals surface area contributed by atoms with Crippen molar-refractivity contribution < 1.29 is 9.53 Å². The van der Waals surface area contributed by atoms with E-state index in [0.717, 1.165) is 29.3 Å². The van der Waals surface area contributed by atoms with Crippen molar-refractivity contribution in [3.8, 4) is 11.4 Å². The number of hydrogen-bond donors (Lipinski definition) is 1. The number of esters is 1. The van der Waals surface area contributed by atoms with Gasteiger partial charge in [0.1, 0.15) is 5.82 Å². The van der Waals surface area contributed by atoms with E-state index in [4.69, 9.17) is 0 Å². The fraction of sp³-hybridized carbons (Fsp3) is 0.200. The first-order chi connectivity index (χ1) is 9.67. The molecule has 0 amide bonds. The first-order valence-corrected chi connectivity index (χ1v) is 6.33. The van der Waals surface area contributed by atoms with E-state index in [0.29, 0.717) is 5.56 Å². The highest BCUT2D eigenvalue weighted by Gasteiger charge is 2.14. The van der Waals surface area contributed by atoms with Gasteiger partial charge in [-0.2, -0.15) is 0 Å². The molecule has 0 unspecified atom stereocenters. The molecular weight excluding hydrogens is 254 g/mol. The number of imidazole rings is 1. The summed E-state index contributed by atoms with van der Waals surface area (Å²) in [4.78, 5) is 21.4. The van der Waals surface area contributed by atoms with Crippen LogP contribution in [0.2, 0.25) is 0 Å². The summed E-state index contributed by atoms with van der Waals surface area (Å²) in [5.74, 6) is 0.478. The van der Waals surface area contributed by atoms with Gasteiger partial charge >= 0.3 is 5.97 Å². The van der Waals surface area contributed by atoms with Crippen LogP contribution >= 0.6 is 0 Å². The number of H-pyrrole nitrogens is 1. The number of nitrogens with zero attached hydrogens (tertiary/aromatic N) is 2. The van der Waals surface area contributed by atoms with Crippen LogP contribution in [0.25, 0.3) is 17.5 Å². The lowest BCUT2D eigenvalue weighted by Crippen LogP contribution is -2.14. The molecule has 1 N–H and O–H groups in total. The van der Waals surface area contributed by atoms with Gasteiger partial charge in [-0.3, -0.25) is 0 Å².